The fraction of sp³-hybridized carbons (Fsp3) is 0.600. The molecule has 1 N–H and O–H groups in total. The normalized spacial score (nSPS) is 21.9. The molecule has 2 aliphatic heterocycles. The fourth-order valence-corrected chi connectivity index (χ4v) is 5.95. The number of anilines is 1. The molecule has 0 aromatic heterocycles. The fourth-order valence-electron chi connectivity index (χ4n) is 3.84. The Morgan fingerprint density at radius 2 is 1.71 bits per heavy atom. The molecule has 0 atom stereocenters. The summed E-state index contributed by atoms with van der Waals surface area (Å²) in [6.07, 6.45) is 2.38. The summed E-state index contributed by atoms with van der Waals surface area (Å²) in [5, 5.41) is 2.96. The molecule has 0 aliphatic carbocycles. The van der Waals surface area contributed by atoms with Gasteiger partial charge in [-0.1, -0.05) is 0 Å². The van der Waals surface area contributed by atoms with Crippen molar-refractivity contribution in [3.63, 3.8) is 0 Å². The summed E-state index contributed by atoms with van der Waals surface area (Å²) in [7, 11) is -3.69. The van der Waals surface area contributed by atoms with Crippen LogP contribution in [0.3, 0.4) is 0 Å². The smallest absolute Gasteiger partial charge is 0.251 e. The number of carbonyl (C=O) groups excluding carboxylic acids is 2. The van der Waals surface area contributed by atoms with Gasteiger partial charge >= 0.3 is 0 Å². The molecule has 154 valence electrons. The van der Waals surface area contributed by atoms with Crippen molar-refractivity contribution in [1.82, 2.24) is 10.2 Å². The minimum Gasteiger partial charge on any atom is -0.350 e. The third-order valence-electron chi connectivity index (χ3n) is 5.59. The van der Waals surface area contributed by atoms with Crippen LogP contribution in [-0.4, -0.2) is 56.1 Å². The van der Waals surface area contributed by atoms with Crippen molar-refractivity contribution in [3.8, 4) is 0 Å². The molecule has 7 nitrogen and oxygen atoms in total. The molecule has 0 bridgehead atoms. The van der Waals surface area contributed by atoms with Crippen molar-refractivity contribution in [2.45, 2.75) is 46.1 Å². The Bertz CT molecular complexity index is 869. The number of carbonyl (C=O) groups is 2. The largest absolute Gasteiger partial charge is 0.350 e. The molecule has 2 heterocycles. The summed E-state index contributed by atoms with van der Waals surface area (Å²) in [5.41, 5.74) is -0.363. The molecule has 2 aliphatic rings. The van der Waals surface area contributed by atoms with E-state index in [1.165, 1.54) is 25.0 Å². The molecule has 1 aromatic carbocycles. The van der Waals surface area contributed by atoms with Gasteiger partial charge in [-0.05, 0) is 77.9 Å². The molecule has 3 rings (SSSR count). The van der Waals surface area contributed by atoms with E-state index in [0.29, 0.717) is 12.1 Å². The second-order valence-electron chi connectivity index (χ2n) is 8.95. The molecular formula is C20H29N3O4S. The first kappa shape index (κ1) is 20.8. The topological polar surface area (TPSA) is 86.8 Å². The minimum atomic E-state index is -3.69. The lowest BCUT2D eigenvalue weighted by molar-refractivity contribution is -0.123. The summed E-state index contributed by atoms with van der Waals surface area (Å²) in [4.78, 5) is 27.3. The second kappa shape index (κ2) is 7.15. The molecule has 1 aromatic rings. The molecule has 28 heavy (non-hydrogen) atoms. The van der Waals surface area contributed by atoms with E-state index in [4.69, 9.17) is 0 Å². The SMILES string of the molecule is CC1(C)CS(=O)(=O)N(c2ccc(C(=O)NCC(C)(C)N3CCCC3)cc2)C1=O. The van der Waals surface area contributed by atoms with Gasteiger partial charge in [0.05, 0.1) is 16.9 Å². The minimum absolute atomic E-state index is 0.117. The Balaban J connectivity index is 1.69. The van der Waals surface area contributed by atoms with Gasteiger partial charge in [0.25, 0.3) is 5.91 Å². The van der Waals surface area contributed by atoms with Crippen LogP contribution >= 0.6 is 0 Å². The lowest BCUT2D eigenvalue weighted by Gasteiger charge is -2.35. The third-order valence-corrected chi connectivity index (χ3v) is 7.61. The Hall–Kier alpha value is -1.93. The van der Waals surface area contributed by atoms with Crippen LogP contribution < -0.4 is 9.62 Å². The first-order valence-electron chi connectivity index (χ1n) is 9.65. The van der Waals surface area contributed by atoms with Crippen molar-refractivity contribution in [2.75, 3.05) is 29.7 Å². The first-order chi connectivity index (χ1) is 12.9. The van der Waals surface area contributed by atoms with Gasteiger partial charge in [0, 0.05) is 17.6 Å². The zero-order valence-corrected chi connectivity index (χ0v) is 17.8. The molecule has 2 fully saturated rings. The monoisotopic (exact) mass is 407 g/mol. The Morgan fingerprint density at radius 3 is 2.21 bits per heavy atom. The molecule has 8 heteroatoms. The lowest BCUT2D eigenvalue weighted by Crippen LogP contribution is -2.50. The summed E-state index contributed by atoms with van der Waals surface area (Å²) in [5.74, 6) is -0.876. The second-order valence-corrected chi connectivity index (χ2v) is 10.8. The summed E-state index contributed by atoms with van der Waals surface area (Å²) < 4.78 is 25.6. The van der Waals surface area contributed by atoms with E-state index in [9.17, 15) is 18.0 Å². The maximum absolute atomic E-state index is 12.5. The van der Waals surface area contributed by atoms with E-state index in [0.717, 1.165) is 17.4 Å². The number of hydrogen-bond acceptors (Lipinski definition) is 5. The lowest BCUT2D eigenvalue weighted by atomic mass is 9.95. The van der Waals surface area contributed by atoms with Crippen LogP contribution in [0.5, 0.6) is 0 Å². The molecule has 0 radical (unpaired) electrons. The number of nitrogens with zero attached hydrogens (tertiary/aromatic N) is 2. The van der Waals surface area contributed by atoms with Crippen LogP contribution in [0.25, 0.3) is 0 Å². The maximum atomic E-state index is 12.5. The van der Waals surface area contributed by atoms with Crippen LogP contribution in [0.4, 0.5) is 5.69 Å². The molecule has 2 amide bonds. The molecule has 0 unspecified atom stereocenters. The molecule has 2 saturated heterocycles. The van der Waals surface area contributed by atoms with E-state index < -0.39 is 21.3 Å². The number of amides is 2. The van der Waals surface area contributed by atoms with Crippen LogP contribution in [0.15, 0.2) is 24.3 Å². The summed E-state index contributed by atoms with van der Waals surface area (Å²) in [6, 6.07) is 6.14. The maximum Gasteiger partial charge on any atom is 0.251 e. The standard InChI is InChI=1S/C20H29N3O4S/c1-19(2)14-28(26,27)23(18(19)25)16-9-7-15(8-10-16)17(24)21-13-20(3,4)22-11-5-6-12-22/h7-10H,5-6,11-14H2,1-4H3,(H,21,24). The average Bonchev–Trinajstić information content (AvgIpc) is 3.19. The van der Waals surface area contributed by atoms with Gasteiger partial charge in [0.1, 0.15) is 0 Å². The number of rotatable bonds is 5. The number of sulfonamides is 1. The third kappa shape index (κ3) is 3.93. The van der Waals surface area contributed by atoms with Gasteiger partial charge < -0.3 is 5.32 Å². The van der Waals surface area contributed by atoms with Gasteiger partial charge in [-0.3, -0.25) is 14.5 Å². The van der Waals surface area contributed by atoms with Crippen LogP contribution in [0, 0.1) is 5.41 Å². The van der Waals surface area contributed by atoms with Gasteiger partial charge in [0.15, 0.2) is 0 Å². The van der Waals surface area contributed by atoms with Gasteiger partial charge in [0.2, 0.25) is 15.9 Å². The van der Waals surface area contributed by atoms with Crippen molar-refractivity contribution < 1.29 is 18.0 Å². The van der Waals surface area contributed by atoms with Crippen molar-refractivity contribution >= 4 is 27.5 Å². The van der Waals surface area contributed by atoms with Gasteiger partial charge in [-0.25, -0.2) is 12.7 Å². The number of hydrogen-bond donors (Lipinski definition) is 1. The summed E-state index contributed by atoms with van der Waals surface area (Å²) >= 11 is 0. The Morgan fingerprint density at radius 1 is 1.14 bits per heavy atom. The number of likely N-dealkylation sites (tertiary alicyclic amines) is 1. The first-order valence-corrected chi connectivity index (χ1v) is 11.3. The highest BCUT2D eigenvalue weighted by molar-refractivity contribution is 7.94. The predicted octanol–water partition coefficient (Wildman–Crippen LogP) is 1.99. The molecule has 0 saturated carbocycles. The van der Waals surface area contributed by atoms with Gasteiger partial charge in [-0.15, -0.1) is 0 Å². The predicted molar refractivity (Wildman–Crippen MR) is 109 cm³/mol. The highest BCUT2D eigenvalue weighted by Crippen LogP contribution is 2.35. The van der Waals surface area contributed by atoms with E-state index in [2.05, 4.69) is 24.1 Å². The Labute approximate surface area is 167 Å². The molecular weight excluding hydrogens is 378 g/mol. The quantitative estimate of drug-likeness (QED) is 0.807. The van der Waals surface area contributed by atoms with Crippen molar-refractivity contribution in [2.24, 2.45) is 5.41 Å². The van der Waals surface area contributed by atoms with Crippen LogP contribution in [0.2, 0.25) is 0 Å². The summed E-state index contributed by atoms with van der Waals surface area (Å²) in [6.45, 7) is 10.1. The van der Waals surface area contributed by atoms with Gasteiger partial charge in [-0.2, -0.15) is 0 Å². The zero-order valence-electron chi connectivity index (χ0n) is 17.0. The van der Waals surface area contributed by atoms with E-state index in [-0.39, 0.29) is 22.9 Å². The highest BCUT2D eigenvalue weighted by Gasteiger charge is 2.49. The van der Waals surface area contributed by atoms with E-state index in [1.807, 2.05) is 0 Å². The average molecular weight is 408 g/mol. The molecule has 0 spiro atoms. The van der Waals surface area contributed by atoms with E-state index >= 15 is 0 Å². The number of nitrogens with one attached hydrogen (secondary N) is 1. The number of benzene rings is 1. The zero-order chi connectivity index (χ0) is 20.7. The van der Waals surface area contributed by atoms with Crippen molar-refractivity contribution in [3.05, 3.63) is 29.8 Å². The van der Waals surface area contributed by atoms with Crippen LogP contribution in [0.1, 0.15) is 50.9 Å². The van der Waals surface area contributed by atoms with Crippen LogP contribution in [-0.2, 0) is 14.8 Å². The Kier molecular flexibility index (Phi) is 5.31. The van der Waals surface area contributed by atoms with Crippen molar-refractivity contribution in [1.29, 1.82) is 0 Å². The van der Waals surface area contributed by atoms with E-state index in [1.54, 1.807) is 26.0 Å². The highest BCUT2D eigenvalue weighted by atomic mass is 32.2.